The van der Waals surface area contributed by atoms with E-state index in [-0.39, 0.29) is 17.0 Å². The number of nitrogens with one attached hydrogen (secondary N) is 2. The molecular weight excluding hydrogens is 424 g/mol. The Kier molecular flexibility index (Phi) is 6.74. The highest BCUT2D eigenvalue weighted by molar-refractivity contribution is 7.96. The summed E-state index contributed by atoms with van der Waals surface area (Å²) in [7, 11) is -3.67. The zero-order valence-electron chi connectivity index (χ0n) is 17.7. The fourth-order valence-electron chi connectivity index (χ4n) is 4.08. The molecule has 5 N–H and O–H groups in total. The molecule has 8 heteroatoms. The molecule has 1 aromatic heterocycles. The van der Waals surface area contributed by atoms with Crippen molar-refractivity contribution in [2.45, 2.75) is 43.9 Å². The zero-order valence-corrected chi connectivity index (χ0v) is 18.5. The van der Waals surface area contributed by atoms with Crippen LogP contribution in [0, 0.1) is 0 Å². The van der Waals surface area contributed by atoms with Gasteiger partial charge >= 0.3 is 0 Å². The summed E-state index contributed by atoms with van der Waals surface area (Å²) in [6, 6.07) is 11.4. The summed E-state index contributed by atoms with van der Waals surface area (Å²) in [5.74, 6) is 0. The van der Waals surface area contributed by atoms with Crippen LogP contribution in [0.4, 0.5) is 5.69 Å². The molecule has 0 amide bonds. The fraction of sp³-hybridized carbons (Fsp3) is 0.292. The highest BCUT2D eigenvalue weighted by Gasteiger charge is 2.30. The summed E-state index contributed by atoms with van der Waals surface area (Å²) >= 11 is 0. The number of anilines is 1. The third-order valence-corrected chi connectivity index (χ3v) is 7.22. The van der Waals surface area contributed by atoms with Gasteiger partial charge in [-0.3, -0.25) is 9.71 Å². The third-order valence-electron chi connectivity index (χ3n) is 5.79. The lowest BCUT2D eigenvalue weighted by Gasteiger charge is -2.20. The number of benzene rings is 1. The highest BCUT2D eigenvalue weighted by atomic mass is 32.2. The summed E-state index contributed by atoms with van der Waals surface area (Å²) in [5, 5.41) is 14.1. The number of aliphatic hydroxyl groups is 1. The van der Waals surface area contributed by atoms with Crippen LogP contribution < -0.4 is 15.8 Å². The minimum Gasteiger partial charge on any atom is -0.399 e. The second-order valence-corrected chi connectivity index (χ2v) is 9.85. The predicted molar refractivity (Wildman–Crippen MR) is 126 cm³/mol. The Bertz CT molecular complexity index is 1130. The van der Waals surface area contributed by atoms with Crippen molar-refractivity contribution in [2.75, 3.05) is 4.72 Å². The number of aromatic nitrogens is 1. The predicted octanol–water partition coefficient (Wildman–Crippen LogP) is 2.91. The zero-order chi connectivity index (χ0) is 22.6. The average Bonchev–Trinajstić information content (AvgIpc) is 3.13. The van der Waals surface area contributed by atoms with Gasteiger partial charge < -0.3 is 16.2 Å². The first-order chi connectivity index (χ1) is 15.4. The first-order valence-corrected chi connectivity index (χ1v) is 12.2. The topological polar surface area (TPSA) is 117 Å². The maximum atomic E-state index is 12.7. The smallest absolute Gasteiger partial charge is 0.261 e. The number of sulfonamides is 1. The second kappa shape index (κ2) is 9.68. The van der Waals surface area contributed by atoms with E-state index in [0.717, 1.165) is 30.4 Å². The lowest BCUT2D eigenvalue weighted by molar-refractivity contribution is 0.135. The third kappa shape index (κ3) is 5.45. The van der Waals surface area contributed by atoms with Crippen molar-refractivity contribution in [1.82, 2.24) is 10.3 Å². The monoisotopic (exact) mass is 452 g/mol. The number of aliphatic hydroxyl groups excluding tert-OH is 1. The lowest BCUT2D eigenvalue weighted by atomic mass is 10.0. The van der Waals surface area contributed by atoms with Crippen molar-refractivity contribution in [1.29, 1.82) is 0 Å². The summed E-state index contributed by atoms with van der Waals surface area (Å²) in [4.78, 5) is 4.28. The van der Waals surface area contributed by atoms with Gasteiger partial charge in [-0.25, -0.2) is 8.42 Å². The van der Waals surface area contributed by atoms with Crippen LogP contribution in [0.3, 0.4) is 0 Å². The van der Waals surface area contributed by atoms with Gasteiger partial charge in [0.15, 0.2) is 0 Å². The van der Waals surface area contributed by atoms with E-state index in [2.05, 4.69) is 15.0 Å². The Labute approximate surface area is 188 Å². The molecule has 0 radical (unpaired) electrons. The first-order valence-electron chi connectivity index (χ1n) is 10.7. The van der Waals surface area contributed by atoms with Crippen LogP contribution in [0.1, 0.15) is 36.5 Å². The van der Waals surface area contributed by atoms with Crippen LogP contribution >= 0.6 is 0 Å². The normalized spacial score (nSPS) is 22.0. The summed E-state index contributed by atoms with van der Waals surface area (Å²) in [6.07, 6.45) is 12.5. The van der Waals surface area contributed by atoms with Crippen molar-refractivity contribution in [3.05, 3.63) is 94.8 Å². The van der Waals surface area contributed by atoms with Gasteiger partial charge in [-0.1, -0.05) is 30.4 Å². The lowest BCUT2D eigenvalue weighted by Crippen LogP contribution is -2.35. The van der Waals surface area contributed by atoms with E-state index < -0.39 is 16.1 Å². The summed E-state index contributed by atoms with van der Waals surface area (Å²) in [6.45, 7) is 0. The van der Waals surface area contributed by atoms with E-state index in [4.69, 9.17) is 5.73 Å². The maximum absolute atomic E-state index is 12.7. The molecule has 3 atom stereocenters. The molecule has 1 fully saturated rings. The van der Waals surface area contributed by atoms with Crippen molar-refractivity contribution < 1.29 is 13.5 Å². The van der Waals surface area contributed by atoms with Crippen LogP contribution in [0.15, 0.2) is 83.7 Å². The van der Waals surface area contributed by atoms with Crippen LogP contribution in [0.5, 0.6) is 0 Å². The minimum absolute atomic E-state index is 0.000265. The Morgan fingerprint density at radius 3 is 2.72 bits per heavy atom. The second-order valence-electron chi connectivity index (χ2n) is 8.16. The van der Waals surface area contributed by atoms with Gasteiger partial charge in [0.2, 0.25) is 0 Å². The number of rotatable bonds is 7. The van der Waals surface area contributed by atoms with E-state index in [0.29, 0.717) is 17.8 Å². The number of nitrogens with two attached hydrogens (primary N) is 1. The molecule has 1 saturated heterocycles. The van der Waals surface area contributed by atoms with Crippen LogP contribution in [-0.2, 0) is 16.4 Å². The number of nitrogens with zero attached hydrogens (tertiary/aromatic N) is 1. The molecule has 1 aromatic carbocycles. The largest absolute Gasteiger partial charge is 0.399 e. The molecule has 1 aliphatic carbocycles. The molecule has 0 bridgehead atoms. The molecule has 0 unspecified atom stereocenters. The van der Waals surface area contributed by atoms with Gasteiger partial charge in [0.25, 0.3) is 10.0 Å². The average molecular weight is 453 g/mol. The van der Waals surface area contributed by atoms with Gasteiger partial charge in [0, 0.05) is 41.4 Å². The van der Waals surface area contributed by atoms with Crippen LogP contribution in [0.2, 0.25) is 0 Å². The van der Waals surface area contributed by atoms with Crippen molar-refractivity contribution in [2.24, 2.45) is 5.73 Å². The Balaban J connectivity index is 1.33. The molecular formula is C24H28N4O3S. The Morgan fingerprint density at radius 2 is 1.97 bits per heavy atom. The molecule has 1 aliphatic heterocycles. The van der Waals surface area contributed by atoms with Gasteiger partial charge in [-0.05, 0) is 61.6 Å². The first kappa shape index (κ1) is 22.3. The van der Waals surface area contributed by atoms with E-state index in [1.54, 1.807) is 42.8 Å². The molecule has 168 valence electrons. The van der Waals surface area contributed by atoms with E-state index >= 15 is 0 Å². The van der Waals surface area contributed by atoms with E-state index in [1.165, 1.54) is 6.08 Å². The van der Waals surface area contributed by atoms with Gasteiger partial charge in [0.05, 0.1) is 11.0 Å². The Hall–Kier alpha value is -2.94. The van der Waals surface area contributed by atoms with Gasteiger partial charge in [-0.2, -0.15) is 0 Å². The number of hydrogen-bond acceptors (Lipinski definition) is 6. The van der Waals surface area contributed by atoms with Crippen LogP contribution in [-0.4, -0.2) is 30.6 Å². The standard InChI is InChI=1S/C24H28N4O3S/c25-19-4-1-5-22(12-8-19)32(30,31)28-20-9-6-17(7-10-20)15-21-11-13-23(27-21)24(29)18-3-2-14-26-16-18/h2-10,12,14,16,21,23-24,27-29H,1,11,13,15,25H2/t21-,23+,24+/m0/s1. The number of allylic oxidation sites excluding steroid dienone is 4. The van der Waals surface area contributed by atoms with Crippen LogP contribution in [0.25, 0.3) is 0 Å². The van der Waals surface area contributed by atoms with E-state index in [9.17, 15) is 13.5 Å². The fourth-order valence-corrected chi connectivity index (χ4v) is 5.20. The van der Waals surface area contributed by atoms with Crippen molar-refractivity contribution >= 4 is 15.7 Å². The van der Waals surface area contributed by atoms with Crippen molar-refractivity contribution in [3.63, 3.8) is 0 Å². The molecule has 4 rings (SSSR count). The van der Waals surface area contributed by atoms with E-state index in [1.807, 2.05) is 24.3 Å². The number of pyridine rings is 1. The molecule has 7 nitrogen and oxygen atoms in total. The minimum atomic E-state index is -3.67. The van der Waals surface area contributed by atoms with Crippen molar-refractivity contribution in [3.8, 4) is 0 Å². The molecule has 0 spiro atoms. The molecule has 2 heterocycles. The van der Waals surface area contributed by atoms with Gasteiger partial charge in [0.1, 0.15) is 0 Å². The highest BCUT2D eigenvalue weighted by Crippen LogP contribution is 2.27. The molecule has 2 aliphatic rings. The molecule has 32 heavy (non-hydrogen) atoms. The maximum Gasteiger partial charge on any atom is 0.261 e. The number of hydrogen-bond donors (Lipinski definition) is 4. The molecule has 0 saturated carbocycles. The quantitative estimate of drug-likeness (QED) is 0.513. The Morgan fingerprint density at radius 1 is 1.16 bits per heavy atom. The van der Waals surface area contributed by atoms with Gasteiger partial charge in [-0.15, -0.1) is 0 Å². The molecule has 2 aromatic rings. The summed E-state index contributed by atoms with van der Waals surface area (Å²) < 4.78 is 28.0. The SMILES string of the molecule is NC1=CCC=C(S(=O)(=O)Nc2ccc(C[C@@H]3CC[C@H]([C@H](O)c4cccnc4)N3)cc2)C=C1. The summed E-state index contributed by atoms with van der Waals surface area (Å²) in [5.41, 5.74) is 8.72.